The largest absolute Gasteiger partial charge is 0.396 e. The number of anilines is 2. The summed E-state index contributed by atoms with van der Waals surface area (Å²) in [6.45, 7) is 2.47. The van der Waals surface area contributed by atoms with Gasteiger partial charge in [-0.05, 0) is 6.92 Å². The molecule has 5 nitrogen and oxygen atoms in total. The number of nitrogen functional groups attached to an aromatic ring is 1. The Hall–Kier alpha value is -1.83. The molecule has 0 radical (unpaired) electrons. The van der Waals surface area contributed by atoms with Crippen LogP contribution in [0.1, 0.15) is 6.92 Å². The van der Waals surface area contributed by atoms with Crippen LogP contribution in [-0.2, 0) is 0 Å². The van der Waals surface area contributed by atoms with E-state index in [0.717, 1.165) is 0 Å². The molecule has 2 N–H and O–H groups in total. The molecule has 0 spiro atoms. The van der Waals surface area contributed by atoms with Crippen LogP contribution in [0.5, 0.6) is 0 Å². The van der Waals surface area contributed by atoms with Crippen LogP contribution in [0.15, 0.2) is 12.4 Å². The molecule has 0 saturated heterocycles. The van der Waals surface area contributed by atoms with E-state index < -0.39 is 0 Å². The minimum atomic E-state index is -0.0406. The lowest BCUT2D eigenvalue weighted by atomic mass is 10.2. The molecule has 1 atom stereocenters. The molecule has 0 aromatic carbocycles. The summed E-state index contributed by atoms with van der Waals surface area (Å²) in [6, 6.07) is 2.16. The minimum Gasteiger partial charge on any atom is -0.396 e. The van der Waals surface area contributed by atoms with E-state index in [2.05, 4.69) is 16.0 Å². The molecular weight excluding hydrogens is 178 g/mol. The molecule has 1 unspecified atom stereocenters. The van der Waals surface area contributed by atoms with Crippen LogP contribution < -0.4 is 10.6 Å². The van der Waals surface area contributed by atoms with E-state index in [4.69, 9.17) is 11.0 Å². The van der Waals surface area contributed by atoms with Gasteiger partial charge in [0.2, 0.25) is 5.95 Å². The third-order valence-corrected chi connectivity index (χ3v) is 1.77. The van der Waals surface area contributed by atoms with Crippen LogP contribution in [-0.4, -0.2) is 23.6 Å². The van der Waals surface area contributed by atoms with Gasteiger partial charge in [-0.2, -0.15) is 5.26 Å². The van der Waals surface area contributed by atoms with Gasteiger partial charge in [-0.3, -0.25) is 0 Å². The molecule has 0 saturated carbocycles. The molecule has 0 amide bonds. The van der Waals surface area contributed by atoms with Crippen LogP contribution in [0.2, 0.25) is 0 Å². The summed E-state index contributed by atoms with van der Waals surface area (Å²) in [5.74, 6) is 0.544. The second-order valence-electron chi connectivity index (χ2n) is 3.23. The normalized spacial score (nSPS) is 11.8. The third-order valence-electron chi connectivity index (χ3n) is 1.77. The zero-order valence-corrected chi connectivity index (χ0v) is 8.31. The standard InChI is InChI=1S/C9H13N5/c1-7(3-10)6-14(2)9-12-4-8(11)5-13-9/h4-5,7H,6,11H2,1-2H3. The molecule has 74 valence electrons. The van der Waals surface area contributed by atoms with Crippen molar-refractivity contribution in [1.82, 2.24) is 9.97 Å². The van der Waals surface area contributed by atoms with Crippen molar-refractivity contribution >= 4 is 11.6 Å². The van der Waals surface area contributed by atoms with E-state index in [-0.39, 0.29) is 5.92 Å². The van der Waals surface area contributed by atoms with Gasteiger partial charge in [0.1, 0.15) is 0 Å². The van der Waals surface area contributed by atoms with Crippen molar-refractivity contribution in [3.63, 3.8) is 0 Å². The average molecular weight is 191 g/mol. The van der Waals surface area contributed by atoms with Crippen LogP contribution in [0.4, 0.5) is 11.6 Å². The highest BCUT2D eigenvalue weighted by atomic mass is 15.2. The van der Waals surface area contributed by atoms with Gasteiger partial charge in [-0.15, -0.1) is 0 Å². The Bertz CT molecular complexity index is 326. The maximum Gasteiger partial charge on any atom is 0.225 e. The summed E-state index contributed by atoms with van der Waals surface area (Å²) in [7, 11) is 1.85. The molecule has 1 aromatic rings. The van der Waals surface area contributed by atoms with E-state index in [9.17, 15) is 0 Å². The number of hydrogen-bond acceptors (Lipinski definition) is 5. The zero-order valence-electron chi connectivity index (χ0n) is 8.31. The van der Waals surface area contributed by atoms with Crippen molar-refractivity contribution in [3.05, 3.63) is 12.4 Å². The first-order chi connectivity index (χ1) is 6.63. The van der Waals surface area contributed by atoms with Gasteiger partial charge < -0.3 is 10.6 Å². The molecular formula is C9H13N5. The van der Waals surface area contributed by atoms with Gasteiger partial charge in [-0.25, -0.2) is 9.97 Å². The molecule has 0 aliphatic heterocycles. The highest BCUT2D eigenvalue weighted by Crippen LogP contribution is 2.07. The molecule has 5 heteroatoms. The van der Waals surface area contributed by atoms with Crippen LogP contribution in [0.25, 0.3) is 0 Å². The summed E-state index contributed by atoms with van der Waals surface area (Å²) in [5.41, 5.74) is 6.00. The van der Waals surface area contributed by atoms with Gasteiger partial charge in [0, 0.05) is 13.6 Å². The fraction of sp³-hybridized carbons (Fsp3) is 0.444. The molecule has 1 rings (SSSR count). The molecule has 14 heavy (non-hydrogen) atoms. The summed E-state index contributed by atoms with van der Waals surface area (Å²) < 4.78 is 0. The molecule has 0 aliphatic carbocycles. The van der Waals surface area contributed by atoms with E-state index in [1.54, 1.807) is 12.4 Å². The average Bonchev–Trinajstić information content (AvgIpc) is 2.18. The van der Waals surface area contributed by atoms with Gasteiger partial charge in [0.05, 0.1) is 30.1 Å². The molecule has 0 fully saturated rings. The van der Waals surface area contributed by atoms with Crippen molar-refractivity contribution in [2.45, 2.75) is 6.92 Å². The van der Waals surface area contributed by atoms with Crippen molar-refractivity contribution < 1.29 is 0 Å². The predicted molar refractivity (Wildman–Crippen MR) is 54.5 cm³/mol. The maximum absolute atomic E-state index is 8.64. The Balaban J connectivity index is 2.66. The van der Waals surface area contributed by atoms with Crippen molar-refractivity contribution in [2.75, 3.05) is 24.2 Å². The van der Waals surface area contributed by atoms with E-state index in [1.807, 2.05) is 18.9 Å². The molecule has 1 aromatic heterocycles. The highest BCUT2D eigenvalue weighted by molar-refractivity contribution is 5.37. The van der Waals surface area contributed by atoms with Crippen molar-refractivity contribution in [2.24, 2.45) is 5.92 Å². The lowest BCUT2D eigenvalue weighted by Crippen LogP contribution is -2.25. The number of nitrogens with two attached hydrogens (primary N) is 1. The lowest BCUT2D eigenvalue weighted by molar-refractivity contribution is 0.702. The van der Waals surface area contributed by atoms with Gasteiger partial charge in [0.15, 0.2) is 0 Å². The van der Waals surface area contributed by atoms with E-state index in [1.165, 1.54) is 0 Å². The fourth-order valence-electron chi connectivity index (χ4n) is 1.06. The van der Waals surface area contributed by atoms with Crippen LogP contribution in [0.3, 0.4) is 0 Å². The first-order valence-electron chi connectivity index (χ1n) is 4.31. The van der Waals surface area contributed by atoms with Gasteiger partial charge in [0.25, 0.3) is 0 Å². The summed E-state index contributed by atoms with van der Waals surface area (Å²) in [4.78, 5) is 9.92. The van der Waals surface area contributed by atoms with E-state index >= 15 is 0 Å². The lowest BCUT2D eigenvalue weighted by Gasteiger charge is -2.17. The quantitative estimate of drug-likeness (QED) is 0.759. The Morgan fingerprint density at radius 2 is 2.14 bits per heavy atom. The smallest absolute Gasteiger partial charge is 0.225 e. The van der Waals surface area contributed by atoms with Gasteiger partial charge in [-0.1, -0.05) is 0 Å². The summed E-state index contributed by atoms with van der Waals surface area (Å²) in [6.07, 6.45) is 3.10. The Kier molecular flexibility index (Phi) is 3.24. The summed E-state index contributed by atoms with van der Waals surface area (Å²) >= 11 is 0. The monoisotopic (exact) mass is 191 g/mol. The number of aromatic nitrogens is 2. The number of nitriles is 1. The highest BCUT2D eigenvalue weighted by Gasteiger charge is 2.07. The minimum absolute atomic E-state index is 0.0406. The van der Waals surface area contributed by atoms with E-state index in [0.29, 0.717) is 18.2 Å². The second kappa shape index (κ2) is 4.42. The SMILES string of the molecule is CC(C#N)CN(C)c1ncc(N)cn1. The van der Waals surface area contributed by atoms with Crippen molar-refractivity contribution in [3.8, 4) is 6.07 Å². The molecule has 0 bridgehead atoms. The Morgan fingerprint density at radius 1 is 1.57 bits per heavy atom. The Morgan fingerprint density at radius 3 is 2.64 bits per heavy atom. The number of hydrogen-bond donors (Lipinski definition) is 1. The number of rotatable bonds is 3. The van der Waals surface area contributed by atoms with Gasteiger partial charge >= 0.3 is 0 Å². The fourth-order valence-corrected chi connectivity index (χ4v) is 1.06. The van der Waals surface area contributed by atoms with Crippen LogP contribution >= 0.6 is 0 Å². The first-order valence-corrected chi connectivity index (χ1v) is 4.31. The Labute approximate surface area is 83.2 Å². The second-order valence-corrected chi connectivity index (χ2v) is 3.23. The van der Waals surface area contributed by atoms with Crippen molar-refractivity contribution in [1.29, 1.82) is 5.26 Å². The van der Waals surface area contributed by atoms with Crippen LogP contribution in [0, 0.1) is 17.2 Å². The zero-order chi connectivity index (χ0) is 10.6. The topological polar surface area (TPSA) is 78.8 Å². The maximum atomic E-state index is 8.64. The first kappa shape index (κ1) is 10.3. The predicted octanol–water partition coefficient (Wildman–Crippen LogP) is 0.655. The molecule has 1 heterocycles. The third kappa shape index (κ3) is 2.59. The number of nitrogens with zero attached hydrogens (tertiary/aromatic N) is 4. The molecule has 0 aliphatic rings. The summed E-state index contributed by atoms with van der Waals surface area (Å²) in [5, 5.41) is 8.64.